The van der Waals surface area contributed by atoms with E-state index < -0.39 is 28.2 Å². The molecule has 0 radical (unpaired) electrons. The lowest BCUT2D eigenvalue weighted by molar-refractivity contribution is -0.246. The van der Waals surface area contributed by atoms with Gasteiger partial charge >= 0.3 is 6.18 Å². The van der Waals surface area contributed by atoms with Crippen LogP contribution in [0.3, 0.4) is 0 Å². The van der Waals surface area contributed by atoms with Crippen molar-refractivity contribution in [2.24, 2.45) is 0 Å². The number of benzene rings is 2. The first-order valence-corrected chi connectivity index (χ1v) is 10.6. The van der Waals surface area contributed by atoms with Crippen molar-refractivity contribution in [3.8, 4) is 0 Å². The summed E-state index contributed by atoms with van der Waals surface area (Å²) in [5.74, 6) is 0. The van der Waals surface area contributed by atoms with Crippen molar-refractivity contribution < 1.29 is 26.7 Å². The van der Waals surface area contributed by atoms with Crippen molar-refractivity contribution >= 4 is 27.3 Å². The lowest BCUT2D eigenvalue weighted by atomic mass is 10.1. The molecule has 0 bridgehead atoms. The van der Waals surface area contributed by atoms with Gasteiger partial charge in [0.05, 0.1) is 11.4 Å². The summed E-state index contributed by atoms with van der Waals surface area (Å²) in [6, 6.07) is 11.6. The van der Waals surface area contributed by atoms with E-state index in [0.717, 1.165) is 11.2 Å². The molecule has 9 heteroatoms. The van der Waals surface area contributed by atoms with Gasteiger partial charge in [-0.1, -0.05) is 23.9 Å². The average molecular weight is 419 g/mol. The highest BCUT2D eigenvalue weighted by atomic mass is 32.2. The molecule has 0 heterocycles. The summed E-state index contributed by atoms with van der Waals surface area (Å²) in [7, 11) is -3.38. The molecule has 0 unspecified atom stereocenters. The van der Waals surface area contributed by atoms with Crippen LogP contribution < -0.4 is 5.32 Å². The van der Waals surface area contributed by atoms with Gasteiger partial charge in [-0.05, 0) is 49.7 Å². The van der Waals surface area contributed by atoms with Crippen LogP contribution in [0.4, 0.5) is 18.9 Å². The lowest BCUT2D eigenvalue weighted by Gasteiger charge is -2.27. The summed E-state index contributed by atoms with van der Waals surface area (Å²) in [6.07, 6.45) is -3.60. The highest BCUT2D eigenvalue weighted by Crippen LogP contribution is 2.35. The Labute approximate surface area is 160 Å². The number of alkyl halides is 3. The molecule has 0 aromatic heterocycles. The van der Waals surface area contributed by atoms with Gasteiger partial charge in [0.25, 0.3) is 0 Å². The minimum Gasteiger partial charge on any atom is -0.382 e. The first-order valence-electron chi connectivity index (χ1n) is 7.92. The summed E-state index contributed by atoms with van der Waals surface area (Å²) >= 11 is 1.26. The number of aliphatic hydroxyl groups is 1. The standard InChI is InChI=1S/C18H20F3NO3S2/c1-12-10-13(26-15-6-4-5-7-16(15)27(3,24)25)8-9-14(12)22-11-17(2,23)18(19,20)21/h4-10,22-23H,11H2,1-3H3/t17-/m1/s1. The van der Waals surface area contributed by atoms with Gasteiger partial charge in [-0.15, -0.1) is 0 Å². The van der Waals surface area contributed by atoms with Gasteiger partial charge < -0.3 is 10.4 Å². The largest absolute Gasteiger partial charge is 0.418 e. The maximum Gasteiger partial charge on any atom is 0.418 e. The Kier molecular flexibility index (Phi) is 6.18. The van der Waals surface area contributed by atoms with Crippen LogP contribution in [0.5, 0.6) is 0 Å². The van der Waals surface area contributed by atoms with Crippen molar-refractivity contribution in [3.05, 3.63) is 48.0 Å². The molecule has 0 amide bonds. The van der Waals surface area contributed by atoms with Gasteiger partial charge in [-0.25, -0.2) is 8.42 Å². The molecule has 148 valence electrons. The second-order valence-electron chi connectivity index (χ2n) is 6.42. The predicted molar refractivity (Wildman–Crippen MR) is 100 cm³/mol. The van der Waals surface area contributed by atoms with E-state index in [4.69, 9.17) is 0 Å². The van der Waals surface area contributed by atoms with Crippen LogP contribution in [0.15, 0.2) is 57.2 Å². The van der Waals surface area contributed by atoms with Gasteiger partial charge in [0.2, 0.25) is 0 Å². The highest BCUT2D eigenvalue weighted by Gasteiger charge is 2.49. The highest BCUT2D eigenvalue weighted by molar-refractivity contribution is 8.00. The van der Waals surface area contributed by atoms with Crippen molar-refractivity contribution in [3.63, 3.8) is 0 Å². The molecule has 0 aliphatic carbocycles. The van der Waals surface area contributed by atoms with Gasteiger partial charge in [0.15, 0.2) is 15.4 Å². The number of nitrogens with one attached hydrogen (secondary N) is 1. The molecule has 27 heavy (non-hydrogen) atoms. The van der Waals surface area contributed by atoms with Crippen molar-refractivity contribution in [2.45, 2.75) is 40.3 Å². The summed E-state index contributed by atoms with van der Waals surface area (Å²) in [4.78, 5) is 1.54. The molecule has 0 aliphatic rings. The second-order valence-corrected chi connectivity index (χ2v) is 9.52. The summed E-state index contributed by atoms with van der Waals surface area (Å²) < 4.78 is 62.0. The fourth-order valence-electron chi connectivity index (χ4n) is 2.23. The van der Waals surface area contributed by atoms with Crippen molar-refractivity contribution in [1.29, 1.82) is 0 Å². The zero-order chi connectivity index (χ0) is 20.5. The van der Waals surface area contributed by atoms with Gasteiger partial charge in [0.1, 0.15) is 0 Å². The first-order chi connectivity index (χ1) is 12.3. The van der Waals surface area contributed by atoms with E-state index in [1.807, 2.05) is 0 Å². The number of rotatable bonds is 6. The van der Waals surface area contributed by atoms with E-state index in [-0.39, 0.29) is 4.90 Å². The Hall–Kier alpha value is -1.71. The lowest BCUT2D eigenvalue weighted by Crippen LogP contribution is -2.47. The van der Waals surface area contributed by atoms with Crippen LogP contribution in [0, 0.1) is 6.92 Å². The van der Waals surface area contributed by atoms with Gasteiger partial charge in [-0.3, -0.25) is 0 Å². The number of aryl methyl sites for hydroxylation is 1. The monoisotopic (exact) mass is 419 g/mol. The molecule has 2 aromatic carbocycles. The summed E-state index contributed by atoms with van der Waals surface area (Å²) in [5, 5.41) is 12.1. The minimum absolute atomic E-state index is 0.219. The SMILES string of the molecule is Cc1cc(Sc2ccccc2S(C)(=O)=O)ccc1NC[C@@](C)(O)C(F)(F)F. The van der Waals surface area contributed by atoms with Crippen molar-refractivity contribution in [2.75, 3.05) is 18.1 Å². The first kappa shape index (κ1) is 21.6. The van der Waals surface area contributed by atoms with E-state index in [1.54, 1.807) is 43.3 Å². The Morgan fingerprint density at radius 3 is 2.33 bits per heavy atom. The van der Waals surface area contributed by atoms with Gasteiger partial charge in [-0.2, -0.15) is 13.2 Å². The van der Waals surface area contributed by atoms with E-state index in [9.17, 15) is 26.7 Å². The molecule has 2 N–H and O–H groups in total. The van der Waals surface area contributed by atoms with Gasteiger partial charge in [0, 0.05) is 21.7 Å². The Balaban J connectivity index is 2.19. The molecule has 0 fully saturated rings. The number of halogens is 3. The predicted octanol–water partition coefficient (Wildman–Crippen LogP) is 4.27. The topological polar surface area (TPSA) is 66.4 Å². The summed E-state index contributed by atoms with van der Waals surface area (Å²) in [6.45, 7) is 1.75. The van der Waals surface area contributed by atoms with Crippen LogP contribution in [0.2, 0.25) is 0 Å². The number of sulfone groups is 1. The third-order valence-electron chi connectivity index (χ3n) is 3.91. The van der Waals surface area contributed by atoms with E-state index in [0.29, 0.717) is 23.1 Å². The fraction of sp³-hybridized carbons (Fsp3) is 0.333. The molecule has 4 nitrogen and oxygen atoms in total. The summed E-state index contributed by atoms with van der Waals surface area (Å²) in [5.41, 5.74) is -1.71. The normalized spacial score (nSPS) is 14.6. The van der Waals surface area contributed by atoms with Crippen LogP contribution >= 0.6 is 11.8 Å². The minimum atomic E-state index is -4.74. The molecule has 0 saturated carbocycles. The molecule has 1 atom stereocenters. The van der Waals surface area contributed by atoms with Crippen molar-refractivity contribution in [1.82, 2.24) is 0 Å². The van der Waals surface area contributed by atoms with E-state index in [2.05, 4.69) is 5.32 Å². The molecular weight excluding hydrogens is 399 g/mol. The Morgan fingerprint density at radius 1 is 1.15 bits per heavy atom. The Morgan fingerprint density at radius 2 is 1.78 bits per heavy atom. The van der Waals surface area contributed by atoms with E-state index >= 15 is 0 Å². The zero-order valence-corrected chi connectivity index (χ0v) is 16.6. The van der Waals surface area contributed by atoms with E-state index in [1.165, 1.54) is 17.8 Å². The van der Waals surface area contributed by atoms with Crippen LogP contribution in [0.25, 0.3) is 0 Å². The number of hydrogen-bond acceptors (Lipinski definition) is 5. The molecular formula is C18H20F3NO3S2. The van der Waals surface area contributed by atoms with Crippen LogP contribution in [0.1, 0.15) is 12.5 Å². The zero-order valence-electron chi connectivity index (χ0n) is 15.0. The fourth-order valence-corrected chi connectivity index (χ4v) is 4.51. The molecule has 2 rings (SSSR count). The molecule has 2 aromatic rings. The maximum atomic E-state index is 12.7. The quantitative estimate of drug-likeness (QED) is 0.732. The average Bonchev–Trinajstić information content (AvgIpc) is 2.52. The number of hydrogen-bond donors (Lipinski definition) is 2. The number of anilines is 1. The molecule has 0 saturated heterocycles. The smallest absolute Gasteiger partial charge is 0.382 e. The third kappa shape index (κ3) is 5.40. The second kappa shape index (κ2) is 7.73. The maximum absolute atomic E-state index is 12.7. The van der Waals surface area contributed by atoms with Crippen LogP contribution in [-0.2, 0) is 9.84 Å². The Bertz CT molecular complexity index is 926. The molecule has 0 spiro atoms. The van der Waals surface area contributed by atoms with Crippen LogP contribution in [-0.4, -0.2) is 38.1 Å². The molecule has 0 aliphatic heterocycles. The third-order valence-corrected chi connectivity index (χ3v) is 6.26.